The maximum absolute atomic E-state index is 12.8. The zero-order valence-electron chi connectivity index (χ0n) is 17.1. The van der Waals surface area contributed by atoms with Crippen LogP contribution < -0.4 is 5.32 Å². The zero-order chi connectivity index (χ0) is 20.7. The molecule has 4 heteroatoms. The largest absolute Gasteiger partial charge is 0.298 e. The lowest BCUT2D eigenvalue weighted by molar-refractivity contribution is -0.112. The molecule has 1 heterocycles. The molecule has 0 aliphatic heterocycles. The van der Waals surface area contributed by atoms with E-state index < -0.39 is 0 Å². The molecule has 0 fully saturated rings. The molecule has 0 saturated heterocycles. The molecule has 146 valence electrons. The number of rotatable bonds is 7. The van der Waals surface area contributed by atoms with Gasteiger partial charge in [-0.3, -0.25) is 10.1 Å². The van der Waals surface area contributed by atoms with Crippen molar-refractivity contribution in [2.45, 2.75) is 40.5 Å². The van der Waals surface area contributed by atoms with Gasteiger partial charge in [0.2, 0.25) is 0 Å². The molecular formula is C24H28N2OS. The fourth-order valence-electron chi connectivity index (χ4n) is 2.67. The van der Waals surface area contributed by atoms with Crippen molar-refractivity contribution in [2.75, 3.05) is 5.32 Å². The number of hydrogen-bond donors (Lipinski definition) is 1. The normalized spacial score (nSPS) is 14.7. The molecule has 1 aliphatic rings. The predicted octanol–water partition coefficient (Wildman–Crippen LogP) is 6.79. The second-order valence-corrected chi connectivity index (χ2v) is 7.88. The van der Waals surface area contributed by atoms with Crippen LogP contribution in [0.4, 0.5) is 5.13 Å². The summed E-state index contributed by atoms with van der Waals surface area (Å²) in [5, 5.41) is 5.38. The first-order valence-electron chi connectivity index (χ1n) is 9.31. The first kappa shape index (κ1) is 21.6. The van der Waals surface area contributed by atoms with Gasteiger partial charge in [0, 0.05) is 16.5 Å². The third kappa shape index (κ3) is 5.89. The summed E-state index contributed by atoms with van der Waals surface area (Å²) in [5.41, 5.74) is 6.47. The Labute approximate surface area is 172 Å². The summed E-state index contributed by atoms with van der Waals surface area (Å²) in [6.07, 6.45) is 14.1. The summed E-state index contributed by atoms with van der Waals surface area (Å²) < 4.78 is 0. The molecule has 1 N–H and O–H groups in total. The van der Waals surface area contributed by atoms with Crippen LogP contribution in [-0.2, 0) is 4.79 Å². The maximum atomic E-state index is 12.8. The van der Waals surface area contributed by atoms with Crippen LogP contribution in [0.1, 0.15) is 46.2 Å². The first-order valence-corrected chi connectivity index (χ1v) is 10.2. The Bertz CT molecular complexity index is 932. The Hall–Kier alpha value is -2.72. The molecule has 28 heavy (non-hydrogen) atoms. The molecular weight excluding hydrogens is 364 g/mol. The number of amides is 1. The molecule has 0 atom stereocenters. The lowest BCUT2D eigenvalue weighted by atomic mass is 9.95. The van der Waals surface area contributed by atoms with Crippen molar-refractivity contribution < 1.29 is 4.79 Å². The minimum atomic E-state index is -0.193. The smallest absolute Gasteiger partial charge is 0.257 e. The first-order chi connectivity index (χ1) is 13.3. The summed E-state index contributed by atoms with van der Waals surface area (Å²) in [4.78, 5) is 17.4. The van der Waals surface area contributed by atoms with Crippen LogP contribution in [0.2, 0.25) is 0 Å². The predicted molar refractivity (Wildman–Crippen MR) is 122 cm³/mol. The molecule has 1 aromatic rings. The average molecular weight is 393 g/mol. The van der Waals surface area contributed by atoms with E-state index in [1.165, 1.54) is 22.5 Å². The van der Waals surface area contributed by atoms with E-state index >= 15 is 0 Å². The Balaban J connectivity index is 2.22. The molecule has 0 spiro atoms. The third-order valence-corrected chi connectivity index (χ3v) is 5.04. The Morgan fingerprint density at radius 2 is 1.93 bits per heavy atom. The molecule has 0 saturated carbocycles. The number of carbonyl (C=O) groups is 1. The van der Waals surface area contributed by atoms with Crippen LogP contribution >= 0.6 is 11.3 Å². The highest BCUT2D eigenvalue weighted by Crippen LogP contribution is 2.25. The number of hydrogen-bond acceptors (Lipinski definition) is 3. The quantitative estimate of drug-likeness (QED) is 0.410. The fourth-order valence-corrected chi connectivity index (χ4v) is 3.39. The topological polar surface area (TPSA) is 42.0 Å². The van der Waals surface area contributed by atoms with Gasteiger partial charge in [0.15, 0.2) is 5.13 Å². The van der Waals surface area contributed by atoms with Gasteiger partial charge >= 0.3 is 0 Å². The number of aromatic nitrogens is 1. The van der Waals surface area contributed by atoms with E-state index in [0.717, 1.165) is 35.3 Å². The minimum Gasteiger partial charge on any atom is -0.298 e. The van der Waals surface area contributed by atoms with Crippen molar-refractivity contribution in [1.29, 1.82) is 0 Å². The molecule has 1 aromatic heterocycles. The summed E-state index contributed by atoms with van der Waals surface area (Å²) >= 11 is 1.40. The summed E-state index contributed by atoms with van der Waals surface area (Å²) in [7, 11) is 0. The van der Waals surface area contributed by atoms with E-state index in [4.69, 9.17) is 0 Å². The van der Waals surface area contributed by atoms with Crippen molar-refractivity contribution in [3.05, 3.63) is 88.6 Å². The number of anilines is 1. The van der Waals surface area contributed by atoms with Gasteiger partial charge in [0.05, 0.1) is 5.69 Å². The van der Waals surface area contributed by atoms with E-state index in [0.29, 0.717) is 10.7 Å². The van der Waals surface area contributed by atoms with Gasteiger partial charge < -0.3 is 0 Å². The summed E-state index contributed by atoms with van der Waals surface area (Å²) in [6.45, 7) is 15.8. The van der Waals surface area contributed by atoms with Crippen LogP contribution in [0.5, 0.6) is 0 Å². The van der Waals surface area contributed by atoms with E-state index in [2.05, 4.69) is 42.5 Å². The third-order valence-electron chi connectivity index (χ3n) is 4.28. The van der Waals surface area contributed by atoms with E-state index in [1.54, 1.807) is 6.08 Å². The summed E-state index contributed by atoms with van der Waals surface area (Å²) in [6, 6.07) is 0. The van der Waals surface area contributed by atoms with Gasteiger partial charge in [-0.2, -0.15) is 0 Å². The number of nitrogens with one attached hydrogen (secondary N) is 1. The molecule has 0 unspecified atom stereocenters. The average Bonchev–Trinajstić information content (AvgIpc) is 3.09. The van der Waals surface area contributed by atoms with E-state index in [9.17, 15) is 4.79 Å². The van der Waals surface area contributed by atoms with Crippen LogP contribution in [0.15, 0.2) is 82.9 Å². The van der Waals surface area contributed by atoms with Gasteiger partial charge in [-0.1, -0.05) is 49.1 Å². The van der Waals surface area contributed by atoms with Crippen molar-refractivity contribution in [3.63, 3.8) is 0 Å². The lowest BCUT2D eigenvalue weighted by Gasteiger charge is -2.12. The highest BCUT2D eigenvalue weighted by atomic mass is 32.1. The molecule has 0 radical (unpaired) electrons. The zero-order valence-corrected chi connectivity index (χ0v) is 18.0. The number of allylic oxidation sites excluding steroid dienone is 10. The number of thiazole rings is 1. The molecule has 0 aromatic carbocycles. The highest BCUT2D eigenvalue weighted by molar-refractivity contribution is 7.14. The van der Waals surface area contributed by atoms with Gasteiger partial charge in [0.25, 0.3) is 5.91 Å². The maximum Gasteiger partial charge on any atom is 0.257 e. The fraction of sp³-hybridized carbons (Fsp3) is 0.250. The van der Waals surface area contributed by atoms with E-state index in [-0.39, 0.29) is 5.91 Å². The van der Waals surface area contributed by atoms with Crippen LogP contribution in [0.3, 0.4) is 0 Å². The molecule has 3 nitrogen and oxygen atoms in total. The Morgan fingerprint density at radius 3 is 2.54 bits per heavy atom. The van der Waals surface area contributed by atoms with Crippen molar-refractivity contribution in [1.82, 2.24) is 4.98 Å². The van der Waals surface area contributed by atoms with Gasteiger partial charge in [0.1, 0.15) is 0 Å². The standard InChI is InChI=1S/C24H28N2OS/c1-7-19(13-12-16(2)3)22-15-28-24(25-22)26-23(27)21(17(4)5)14-20-11-9-8-10-18(20)6/h7,10-15H,1,4,8-9H2,2-3,5-6H3,(H,25,26,27)/b19-13+,21-14+. The molecule has 1 aliphatic carbocycles. The van der Waals surface area contributed by atoms with Gasteiger partial charge in [-0.15, -0.1) is 11.3 Å². The number of nitrogens with zero attached hydrogens (tertiary/aromatic N) is 1. The van der Waals surface area contributed by atoms with E-state index in [1.807, 2.05) is 44.4 Å². The lowest BCUT2D eigenvalue weighted by Crippen LogP contribution is -2.15. The number of carbonyl (C=O) groups excluding carboxylic acids is 1. The Kier molecular flexibility index (Phi) is 7.70. The molecule has 2 rings (SSSR count). The SMILES string of the molecule is C=C/C(=C\C=C(C)C)c1csc(NC(=O)/C(=C/C2=CCCC=C2C)C(=C)C)n1. The van der Waals surface area contributed by atoms with Gasteiger partial charge in [-0.25, -0.2) is 4.98 Å². The van der Waals surface area contributed by atoms with Crippen LogP contribution in [0, 0.1) is 0 Å². The van der Waals surface area contributed by atoms with Crippen molar-refractivity contribution in [3.8, 4) is 0 Å². The highest BCUT2D eigenvalue weighted by Gasteiger charge is 2.15. The van der Waals surface area contributed by atoms with Crippen LogP contribution in [0.25, 0.3) is 5.57 Å². The van der Waals surface area contributed by atoms with Gasteiger partial charge in [-0.05, 0) is 63.3 Å². The minimum absolute atomic E-state index is 0.193. The molecule has 1 amide bonds. The second kappa shape index (κ2) is 10.00. The monoisotopic (exact) mass is 392 g/mol. The molecule has 0 bridgehead atoms. The summed E-state index contributed by atoms with van der Waals surface area (Å²) in [5.74, 6) is -0.193. The Morgan fingerprint density at radius 1 is 1.21 bits per heavy atom. The van der Waals surface area contributed by atoms with Crippen molar-refractivity contribution >= 4 is 27.9 Å². The van der Waals surface area contributed by atoms with Crippen molar-refractivity contribution in [2.24, 2.45) is 0 Å². The van der Waals surface area contributed by atoms with Crippen LogP contribution in [-0.4, -0.2) is 10.9 Å². The second-order valence-electron chi connectivity index (χ2n) is 7.02.